The Kier molecular flexibility index (Phi) is 10.5. The molecular formula is C20H35NO16. The molecule has 3 rings (SSSR count). The molecule has 0 saturated carbocycles. The molecule has 37 heavy (non-hydrogen) atoms. The van der Waals surface area contributed by atoms with Crippen molar-refractivity contribution in [2.24, 2.45) is 0 Å². The van der Waals surface area contributed by atoms with E-state index in [0.717, 1.165) is 6.92 Å². The molecule has 0 aliphatic carbocycles. The minimum absolute atomic E-state index is 0.655. The molecule has 3 fully saturated rings. The Balaban J connectivity index is 1.83. The Morgan fingerprint density at radius 3 is 1.65 bits per heavy atom. The van der Waals surface area contributed by atoms with Gasteiger partial charge in [0.15, 0.2) is 18.9 Å². The van der Waals surface area contributed by atoms with Crippen molar-refractivity contribution in [3.8, 4) is 0 Å². The van der Waals surface area contributed by atoms with Gasteiger partial charge in [-0.15, -0.1) is 0 Å². The summed E-state index contributed by atoms with van der Waals surface area (Å²) in [5.41, 5.74) is 0. The van der Waals surface area contributed by atoms with Gasteiger partial charge in [-0.25, -0.2) is 0 Å². The van der Waals surface area contributed by atoms with E-state index < -0.39 is 118 Å². The first-order valence-corrected chi connectivity index (χ1v) is 11.6. The standard InChI is InChI=1S/C20H35NO16/c1-5(25)21-9-13(29)10(26)6(2-22)34-19(9)36-17-12(28)8(4-24)35-20(15(17)31)37-16-11(27)7(3-23)33-18(32)14(16)30/h6-20,22-24,26-32H,2-4H2,1H3,(H,21,25)/t6-,7-,8-,9-,10+,11-,12+,13-,14-,15-,16+,17+,18?,19-,20+/m1/s1. The van der Waals surface area contributed by atoms with E-state index in [1.165, 1.54) is 0 Å². The Morgan fingerprint density at radius 1 is 0.649 bits per heavy atom. The highest BCUT2D eigenvalue weighted by molar-refractivity contribution is 5.73. The highest BCUT2D eigenvalue weighted by Gasteiger charge is 2.53. The maximum Gasteiger partial charge on any atom is 0.217 e. The molecule has 0 spiro atoms. The lowest BCUT2D eigenvalue weighted by Crippen LogP contribution is -2.68. The third-order valence-electron chi connectivity index (χ3n) is 6.50. The minimum Gasteiger partial charge on any atom is -0.394 e. The zero-order valence-corrected chi connectivity index (χ0v) is 19.7. The van der Waals surface area contributed by atoms with E-state index in [2.05, 4.69) is 5.32 Å². The molecule has 0 aromatic heterocycles. The molecule has 3 saturated heterocycles. The van der Waals surface area contributed by atoms with Gasteiger partial charge in [-0.2, -0.15) is 0 Å². The van der Waals surface area contributed by atoms with Gasteiger partial charge in [-0.3, -0.25) is 4.79 Å². The summed E-state index contributed by atoms with van der Waals surface area (Å²) < 4.78 is 26.8. The fourth-order valence-electron chi connectivity index (χ4n) is 4.45. The first-order chi connectivity index (χ1) is 17.4. The summed E-state index contributed by atoms with van der Waals surface area (Å²) in [6.45, 7) is -1.23. The summed E-state index contributed by atoms with van der Waals surface area (Å²) in [4.78, 5) is 11.7. The summed E-state index contributed by atoms with van der Waals surface area (Å²) in [6, 6.07) is -1.43. The fraction of sp³-hybridized carbons (Fsp3) is 0.950. The van der Waals surface area contributed by atoms with Crippen molar-refractivity contribution >= 4 is 5.91 Å². The molecule has 1 unspecified atom stereocenters. The predicted octanol–water partition coefficient (Wildman–Crippen LogP) is -7.43. The highest BCUT2D eigenvalue weighted by atomic mass is 16.7. The van der Waals surface area contributed by atoms with Gasteiger partial charge in [0.2, 0.25) is 5.91 Å². The van der Waals surface area contributed by atoms with Crippen molar-refractivity contribution in [1.29, 1.82) is 0 Å². The predicted molar refractivity (Wildman–Crippen MR) is 113 cm³/mol. The lowest BCUT2D eigenvalue weighted by Gasteiger charge is -2.48. The van der Waals surface area contributed by atoms with Gasteiger partial charge in [-0.1, -0.05) is 0 Å². The van der Waals surface area contributed by atoms with Crippen LogP contribution in [-0.2, 0) is 28.5 Å². The van der Waals surface area contributed by atoms with E-state index >= 15 is 0 Å². The number of ether oxygens (including phenoxy) is 5. The van der Waals surface area contributed by atoms with E-state index in [4.69, 9.17) is 23.7 Å². The van der Waals surface area contributed by atoms with Crippen LogP contribution in [0.2, 0.25) is 0 Å². The lowest BCUT2D eigenvalue weighted by molar-refractivity contribution is -0.373. The summed E-state index contributed by atoms with van der Waals surface area (Å²) >= 11 is 0. The fourth-order valence-corrected chi connectivity index (χ4v) is 4.45. The molecule has 3 heterocycles. The second kappa shape index (κ2) is 12.8. The lowest BCUT2D eigenvalue weighted by atomic mass is 9.95. The van der Waals surface area contributed by atoms with Gasteiger partial charge < -0.3 is 80.1 Å². The minimum atomic E-state index is -1.93. The number of carbonyl (C=O) groups excluding carboxylic acids is 1. The first-order valence-electron chi connectivity index (χ1n) is 11.6. The molecule has 0 aromatic rings. The van der Waals surface area contributed by atoms with E-state index in [-0.39, 0.29) is 0 Å². The monoisotopic (exact) mass is 545 g/mol. The van der Waals surface area contributed by atoms with Crippen LogP contribution in [0.5, 0.6) is 0 Å². The maximum absolute atomic E-state index is 11.7. The first kappa shape index (κ1) is 30.4. The average Bonchev–Trinajstić information content (AvgIpc) is 2.86. The summed E-state index contributed by atoms with van der Waals surface area (Å²) in [5.74, 6) is -0.655. The van der Waals surface area contributed by atoms with E-state index in [1.54, 1.807) is 0 Å². The van der Waals surface area contributed by atoms with Gasteiger partial charge in [0.05, 0.1) is 19.8 Å². The number of rotatable bonds is 8. The normalized spacial score (nSPS) is 49.0. The third-order valence-corrected chi connectivity index (χ3v) is 6.50. The Hall–Kier alpha value is -1.13. The van der Waals surface area contributed by atoms with Gasteiger partial charge in [0.25, 0.3) is 0 Å². The van der Waals surface area contributed by atoms with Gasteiger partial charge in [0, 0.05) is 6.92 Å². The van der Waals surface area contributed by atoms with Crippen LogP contribution < -0.4 is 5.32 Å². The van der Waals surface area contributed by atoms with Crippen molar-refractivity contribution in [2.45, 2.75) is 99.0 Å². The van der Waals surface area contributed by atoms with E-state index in [0.29, 0.717) is 0 Å². The van der Waals surface area contributed by atoms with Crippen molar-refractivity contribution in [1.82, 2.24) is 5.32 Å². The molecule has 0 aromatic carbocycles. The van der Waals surface area contributed by atoms with Crippen LogP contribution in [0.1, 0.15) is 6.92 Å². The van der Waals surface area contributed by atoms with Crippen LogP contribution in [0.15, 0.2) is 0 Å². The molecule has 17 heteroatoms. The van der Waals surface area contributed by atoms with Crippen LogP contribution in [0, 0.1) is 0 Å². The number of hydrogen-bond donors (Lipinski definition) is 11. The second-order valence-corrected chi connectivity index (χ2v) is 9.07. The Morgan fingerprint density at radius 2 is 1.11 bits per heavy atom. The van der Waals surface area contributed by atoms with Crippen LogP contribution in [-0.4, -0.2) is 169 Å². The van der Waals surface area contributed by atoms with Crippen LogP contribution in [0.4, 0.5) is 0 Å². The Bertz CT molecular complexity index is 747. The van der Waals surface area contributed by atoms with Crippen LogP contribution >= 0.6 is 0 Å². The number of hydrogen-bond acceptors (Lipinski definition) is 16. The third kappa shape index (κ3) is 6.38. The Labute approximate surface area is 210 Å². The zero-order chi connectivity index (χ0) is 27.6. The van der Waals surface area contributed by atoms with Crippen molar-refractivity contribution in [3.63, 3.8) is 0 Å². The van der Waals surface area contributed by atoms with E-state index in [1.807, 2.05) is 0 Å². The van der Waals surface area contributed by atoms with Crippen molar-refractivity contribution < 1.29 is 79.5 Å². The van der Waals surface area contributed by atoms with Crippen LogP contribution in [0.3, 0.4) is 0 Å². The molecule has 0 bridgehead atoms. The molecule has 1 amide bonds. The zero-order valence-electron chi connectivity index (χ0n) is 19.7. The van der Waals surface area contributed by atoms with Crippen molar-refractivity contribution in [3.05, 3.63) is 0 Å². The maximum atomic E-state index is 11.7. The molecule has 17 nitrogen and oxygen atoms in total. The average molecular weight is 545 g/mol. The second-order valence-electron chi connectivity index (χ2n) is 9.07. The number of amides is 1. The summed E-state index contributed by atoms with van der Waals surface area (Å²) in [7, 11) is 0. The smallest absolute Gasteiger partial charge is 0.217 e. The quantitative estimate of drug-likeness (QED) is 0.135. The number of nitrogens with one attached hydrogen (secondary N) is 1. The topological polar surface area (TPSA) is 278 Å². The summed E-state index contributed by atoms with van der Waals surface area (Å²) in [5, 5.41) is 104. The molecule has 15 atom stereocenters. The number of carbonyl (C=O) groups is 1. The number of aliphatic hydroxyl groups excluding tert-OH is 10. The molecule has 3 aliphatic heterocycles. The highest BCUT2D eigenvalue weighted by Crippen LogP contribution is 2.32. The SMILES string of the molecule is CC(=O)N[C@H]1[C@@H](O[C@H]2[C@@H](O)[C@@H](CO)O[C@@H](O[C@H]3[C@H](O)[C@@H](CO)OC(O)[C@@H]3O)[C@@H]2O)O[C@H](CO)[C@H](O)[C@@H]1O. The van der Waals surface area contributed by atoms with Gasteiger partial charge in [-0.05, 0) is 0 Å². The number of aliphatic hydroxyl groups is 10. The van der Waals surface area contributed by atoms with Crippen molar-refractivity contribution in [2.75, 3.05) is 19.8 Å². The molecule has 11 N–H and O–H groups in total. The van der Waals surface area contributed by atoms with Gasteiger partial charge in [0.1, 0.15) is 73.2 Å². The van der Waals surface area contributed by atoms with E-state index in [9.17, 15) is 55.9 Å². The van der Waals surface area contributed by atoms with Gasteiger partial charge >= 0.3 is 0 Å². The van der Waals surface area contributed by atoms with Crippen LogP contribution in [0.25, 0.3) is 0 Å². The molecule has 216 valence electrons. The summed E-state index contributed by atoms with van der Waals surface area (Å²) in [6.07, 6.45) is -23.5. The molecule has 0 radical (unpaired) electrons. The molecule has 3 aliphatic rings. The molecular weight excluding hydrogens is 510 g/mol. The largest absolute Gasteiger partial charge is 0.394 e.